The van der Waals surface area contributed by atoms with Gasteiger partial charge >= 0.3 is 0 Å². The fraction of sp³-hybridized carbons (Fsp3) is 0.158. The molecule has 0 aliphatic heterocycles. The fourth-order valence-electron chi connectivity index (χ4n) is 2.70. The van der Waals surface area contributed by atoms with Crippen LogP contribution in [-0.4, -0.2) is 7.11 Å². The van der Waals surface area contributed by atoms with Crippen LogP contribution >= 0.6 is 15.9 Å². The Balaban J connectivity index is 2.10. The standard InChI is InChI=1S/C19H17BrO/c1-13-12-15(21-2)10-11-16(13)19(20)18-9-5-7-14-6-3-4-8-17(14)18/h3-12,19H,1-2H3. The lowest BCUT2D eigenvalue weighted by Crippen LogP contribution is -1.97. The van der Waals surface area contributed by atoms with Crippen molar-refractivity contribution in [3.63, 3.8) is 0 Å². The van der Waals surface area contributed by atoms with Crippen molar-refractivity contribution in [2.45, 2.75) is 11.8 Å². The van der Waals surface area contributed by atoms with Gasteiger partial charge in [0, 0.05) is 0 Å². The largest absolute Gasteiger partial charge is 0.497 e. The number of methoxy groups -OCH3 is 1. The number of fused-ring (bicyclic) bond motifs is 1. The van der Waals surface area contributed by atoms with E-state index in [9.17, 15) is 0 Å². The Morgan fingerprint density at radius 1 is 0.905 bits per heavy atom. The quantitative estimate of drug-likeness (QED) is 0.560. The summed E-state index contributed by atoms with van der Waals surface area (Å²) in [6.07, 6.45) is 0. The van der Waals surface area contributed by atoms with Gasteiger partial charge in [0.05, 0.1) is 11.9 Å². The molecular formula is C19H17BrO. The second kappa shape index (κ2) is 5.90. The van der Waals surface area contributed by atoms with Crippen molar-refractivity contribution in [3.8, 4) is 5.75 Å². The Morgan fingerprint density at radius 2 is 1.67 bits per heavy atom. The zero-order valence-electron chi connectivity index (χ0n) is 12.1. The summed E-state index contributed by atoms with van der Waals surface area (Å²) in [5.74, 6) is 0.897. The van der Waals surface area contributed by atoms with E-state index in [0.29, 0.717) is 0 Å². The Bertz CT molecular complexity index is 774. The van der Waals surface area contributed by atoms with Crippen molar-refractivity contribution < 1.29 is 4.74 Å². The van der Waals surface area contributed by atoms with E-state index < -0.39 is 0 Å². The number of aryl methyl sites for hydroxylation is 1. The monoisotopic (exact) mass is 340 g/mol. The highest BCUT2D eigenvalue weighted by molar-refractivity contribution is 9.09. The normalized spacial score (nSPS) is 12.3. The Hall–Kier alpha value is -1.80. The van der Waals surface area contributed by atoms with Crippen LogP contribution < -0.4 is 4.74 Å². The molecule has 0 aliphatic rings. The van der Waals surface area contributed by atoms with Crippen LogP contribution in [0.25, 0.3) is 10.8 Å². The summed E-state index contributed by atoms with van der Waals surface area (Å²) in [4.78, 5) is 0.175. The first-order valence-corrected chi connectivity index (χ1v) is 7.88. The lowest BCUT2D eigenvalue weighted by Gasteiger charge is -2.16. The molecule has 0 aliphatic carbocycles. The van der Waals surface area contributed by atoms with E-state index in [-0.39, 0.29) is 4.83 Å². The van der Waals surface area contributed by atoms with Gasteiger partial charge in [-0.05, 0) is 46.5 Å². The van der Waals surface area contributed by atoms with Gasteiger partial charge in [-0.2, -0.15) is 0 Å². The van der Waals surface area contributed by atoms with Gasteiger partial charge in [-0.15, -0.1) is 0 Å². The SMILES string of the molecule is COc1ccc(C(Br)c2cccc3ccccc23)c(C)c1. The molecule has 3 aromatic rings. The number of alkyl halides is 1. The molecule has 0 spiro atoms. The third-order valence-electron chi connectivity index (χ3n) is 3.85. The molecule has 0 saturated carbocycles. The van der Waals surface area contributed by atoms with E-state index in [4.69, 9.17) is 4.74 Å². The van der Waals surface area contributed by atoms with Crippen LogP contribution in [0.2, 0.25) is 0 Å². The molecule has 1 unspecified atom stereocenters. The Kier molecular flexibility index (Phi) is 3.98. The maximum Gasteiger partial charge on any atom is 0.119 e. The summed E-state index contributed by atoms with van der Waals surface area (Å²) >= 11 is 3.87. The fourth-order valence-corrected chi connectivity index (χ4v) is 3.61. The van der Waals surface area contributed by atoms with Gasteiger partial charge in [0.25, 0.3) is 0 Å². The van der Waals surface area contributed by atoms with Gasteiger partial charge in [0.1, 0.15) is 5.75 Å². The van der Waals surface area contributed by atoms with Crippen LogP contribution in [0.15, 0.2) is 60.7 Å². The number of benzene rings is 3. The van der Waals surface area contributed by atoms with Crippen LogP contribution in [-0.2, 0) is 0 Å². The second-order valence-corrected chi connectivity index (χ2v) is 6.07. The van der Waals surface area contributed by atoms with Crippen molar-refractivity contribution >= 4 is 26.7 Å². The van der Waals surface area contributed by atoms with Gasteiger partial charge in [-0.3, -0.25) is 0 Å². The molecule has 1 atom stereocenters. The lowest BCUT2D eigenvalue weighted by atomic mass is 9.96. The van der Waals surface area contributed by atoms with Crippen molar-refractivity contribution in [2.24, 2.45) is 0 Å². The predicted molar refractivity (Wildman–Crippen MR) is 92.4 cm³/mol. The molecule has 0 radical (unpaired) electrons. The van der Waals surface area contributed by atoms with Gasteiger partial charge in [-0.25, -0.2) is 0 Å². The molecule has 0 N–H and O–H groups in total. The van der Waals surface area contributed by atoms with E-state index in [0.717, 1.165) is 5.75 Å². The highest BCUT2D eigenvalue weighted by Gasteiger charge is 2.15. The molecule has 21 heavy (non-hydrogen) atoms. The topological polar surface area (TPSA) is 9.23 Å². The van der Waals surface area contributed by atoms with Crippen LogP contribution in [0.4, 0.5) is 0 Å². The number of hydrogen-bond donors (Lipinski definition) is 0. The molecule has 1 nitrogen and oxygen atoms in total. The Morgan fingerprint density at radius 3 is 2.43 bits per heavy atom. The van der Waals surface area contributed by atoms with Crippen LogP contribution in [0.5, 0.6) is 5.75 Å². The molecule has 0 bridgehead atoms. The molecule has 106 valence electrons. The van der Waals surface area contributed by atoms with Gasteiger partial charge in [0.2, 0.25) is 0 Å². The third-order valence-corrected chi connectivity index (χ3v) is 4.83. The van der Waals surface area contributed by atoms with Crippen molar-refractivity contribution in [3.05, 3.63) is 77.4 Å². The maximum absolute atomic E-state index is 5.29. The maximum atomic E-state index is 5.29. The van der Waals surface area contributed by atoms with E-state index in [1.165, 1.54) is 27.5 Å². The number of ether oxygens (including phenoxy) is 1. The molecule has 3 rings (SSSR count). The smallest absolute Gasteiger partial charge is 0.119 e. The van der Waals surface area contributed by atoms with Crippen molar-refractivity contribution in [1.82, 2.24) is 0 Å². The molecule has 0 heterocycles. The van der Waals surface area contributed by atoms with Crippen LogP contribution in [0.3, 0.4) is 0 Å². The van der Waals surface area contributed by atoms with Gasteiger partial charge < -0.3 is 4.74 Å². The van der Waals surface area contributed by atoms with Gasteiger partial charge in [-0.1, -0.05) is 64.5 Å². The number of halogens is 1. The molecule has 0 amide bonds. The minimum absolute atomic E-state index is 0.175. The summed E-state index contributed by atoms with van der Waals surface area (Å²) in [6, 6.07) is 21.2. The van der Waals surface area contributed by atoms with E-state index in [1.54, 1.807) is 7.11 Å². The molecule has 0 saturated heterocycles. The minimum Gasteiger partial charge on any atom is -0.497 e. The zero-order valence-corrected chi connectivity index (χ0v) is 13.7. The highest BCUT2D eigenvalue weighted by Crippen LogP contribution is 2.37. The van der Waals surface area contributed by atoms with E-state index >= 15 is 0 Å². The molecule has 0 fully saturated rings. The molecule has 3 aromatic carbocycles. The predicted octanol–water partition coefficient (Wildman–Crippen LogP) is 5.64. The average Bonchev–Trinajstić information content (AvgIpc) is 2.53. The minimum atomic E-state index is 0.175. The first-order chi connectivity index (χ1) is 10.2. The van der Waals surface area contributed by atoms with Crippen LogP contribution in [0, 0.1) is 6.92 Å². The summed E-state index contributed by atoms with van der Waals surface area (Å²) in [5.41, 5.74) is 3.79. The molecular weight excluding hydrogens is 324 g/mol. The Labute approximate surface area is 133 Å². The lowest BCUT2D eigenvalue weighted by molar-refractivity contribution is 0.414. The summed E-state index contributed by atoms with van der Waals surface area (Å²) in [7, 11) is 1.70. The third kappa shape index (κ3) is 2.68. The first-order valence-electron chi connectivity index (χ1n) is 6.97. The van der Waals surface area contributed by atoms with Crippen LogP contribution in [0.1, 0.15) is 21.5 Å². The zero-order chi connectivity index (χ0) is 14.8. The summed E-state index contributed by atoms with van der Waals surface area (Å²) in [5, 5.41) is 2.56. The second-order valence-electron chi connectivity index (χ2n) is 5.15. The summed E-state index contributed by atoms with van der Waals surface area (Å²) < 4.78 is 5.29. The molecule has 2 heteroatoms. The highest BCUT2D eigenvalue weighted by atomic mass is 79.9. The van der Waals surface area contributed by atoms with Crippen molar-refractivity contribution in [1.29, 1.82) is 0 Å². The van der Waals surface area contributed by atoms with E-state index in [1.807, 2.05) is 6.07 Å². The number of hydrogen-bond acceptors (Lipinski definition) is 1. The number of rotatable bonds is 3. The molecule has 0 aromatic heterocycles. The van der Waals surface area contributed by atoms with E-state index in [2.05, 4.69) is 77.5 Å². The summed E-state index contributed by atoms with van der Waals surface area (Å²) in [6.45, 7) is 2.12. The van der Waals surface area contributed by atoms with Gasteiger partial charge in [0.15, 0.2) is 0 Å². The average molecular weight is 341 g/mol. The van der Waals surface area contributed by atoms with Crippen molar-refractivity contribution in [2.75, 3.05) is 7.11 Å². The first kappa shape index (κ1) is 14.2.